The second-order valence-corrected chi connectivity index (χ2v) is 9.39. The number of likely N-dealkylation sites (N-methyl/N-ethyl adjacent to an activating group) is 1. The zero-order valence-electron chi connectivity index (χ0n) is 21.7. The van der Waals surface area contributed by atoms with Crippen molar-refractivity contribution in [2.24, 2.45) is 0 Å². The highest BCUT2D eigenvalue weighted by Gasteiger charge is 2.32. The topological polar surface area (TPSA) is 127 Å². The predicted octanol–water partition coefficient (Wildman–Crippen LogP) is 3.52. The summed E-state index contributed by atoms with van der Waals surface area (Å²) in [4.78, 5) is 25.7. The second kappa shape index (κ2) is 10.8. The number of aryl methyl sites for hydroxylation is 1. The Hall–Kier alpha value is -4.72. The maximum atomic E-state index is 13.2. The molecule has 0 aliphatic carbocycles. The van der Waals surface area contributed by atoms with Gasteiger partial charge in [0, 0.05) is 61.5 Å². The van der Waals surface area contributed by atoms with E-state index in [1.807, 2.05) is 11.9 Å². The molecule has 0 spiro atoms. The molecular formula is C26H26F3N9O2. The van der Waals surface area contributed by atoms with E-state index in [4.69, 9.17) is 5.73 Å². The number of nitrogen functional groups attached to an aromatic ring is 1. The molecule has 1 aliphatic rings. The summed E-state index contributed by atoms with van der Waals surface area (Å²) in [6.07, 6.45) is 1.36. The fraction of sp³-hybridized carbons (Fsp3) is 0.269. The van der Waals surface area contributed by atoms with E-state index in [9.17, 15) is 18.0 Å². The Kier molecular flexibility index (Phi) is 7.26. The number of rotatable bonds is 6. The van der Waals surface area contributed by atoms with Crippen molar-refractivity contribution in [2.45, 2.75) is 13.3 Å². The number of nitrogens with one attached hydrogen (secondary N) is 1. The Morgan fingerprint density at radius 1 is 1.05 bits per heavy atom. The minimum atomic E-state index is -4.90. The van der Waals surface area contributed by atoms with Crippen molar-refractivity contribution in [1.29, 1.82) is 0 Å². The normalized spacial score (nSPS) is 14.3. The van der Waals surface area contributed by atoms with Crippen molar-refractivity contribution in [3.63, 3.8) is 0 Å². The molecule has 0 atom stereocenters. The van der Waals surface area contributed by atoms with E-state index in [-0.39, 0.29) is 5.56 Å². The summed E-state index contributed by atoms with van der Waals surface area (Å²) >= 11 is 0. The number of halogens is 3. The summed E-state index contributed by atoms with van der Waals surface area (Å²) in [6, 6.07) is 7.27. The summed E-state index contributed by atoms with van der Waals surface area (Å²) in [6.45, 7) is 4.45. The molecule has 208 valence electrons. The molecule has 3 N–H and O–H groups in total. The minimum absolute atomic E-state index is 0.00927. The Morgan fingerprint density at radius 3 is 2.55 bits per heavy atom. The molecule has 0 bridgehead atoms. The fourth-order valence-corrected chi connectivity index (χ4v) is 4.29. The van der Waals surface area contributed by atoms with Crippen molar-refractivity contribution in [3.05, 3.63) is 66.4 Å². The molecule has 0 saturated carbocycles. The molecule has 11 nitrogen and oxygen atoms in total. The Bertz CT molecular complexity index is 1530. The zero-order valence-corrected chi connectivity index (χ0v) is 21.7. The molecule has 1 aromatic carbocycles. The van der Waals surface area contributed by atoms with Crippen LogP contribution in [0, 0.1) is 6.92 Å². The molecule has 4 heterocycles. The van der Waals surface area contributed by atoms with Gasteiger partial charge in [-0.3, -0.25) is 14.8 Å². The van der Waals surface area contributed by atoms with Crippen molar-refractivity contribution >= 4 is 23.0 Å². The van der Waals surface area contributed by atoms with E-state index in [0.29, 0.717) is 52.8 Å². The maximum Gasteiger partial charge on any atom is 0.573 e. The Balaban J connectivity index is 1.40. The van der Waals surface area contributed by atoms with Crippen LogP contribution in [0.25, 0.3) is 16.9 Å². The van der Waals surface area contributed by atoms with Gasteiger partial charge in [0.05, 0.1) is 35.1 Å². The lowest BCUT2D eigenvalue weighted by atomic mass is 10.1. The number of hydrogen-bond donors (Lipinski definition) is 2. The van der Waals surface area contributed by atoms with Crippen LogP contribution in [0.3, 0.4) is 0 Å². The molecule has 1 saturated heterocycles. The highest BCUT2D eigenvalue weighted by molar-refractivity contribution is 6.05. The van der Waals surface area contributed by atoms with Crippen LogP contribution in [0.2, 0.25) is 0 Å². The minimum Gasteiger partial charge on any atom is -0.406 e. The van der Waals surface area contributed by atoms with Crippen LogP contribution in [0.15, 0.2) is 55.1 Å². The zero-order chi connectivity index (χ0) is 28.4. The summed E-state index contributed by atoms with van der Waals surface area (Å²) in [5.74, 6) is -1.09. The maximum absolute atomic E-state index is 13.2. The number of nitrogens with two attached hydrogens (primary N) is 1. The van der Waals surface area contributed by atoms with Crippen LogP contribution in [-0.4, -0.2) is 75.4 Å². The number of piperazine rings is 1. The van der Waals surface area contributed by atoms with E-state index >= 15 is 0 Å². The average Bonchev–Trinajstić information content (AvgIpc) is 3.39. The van der Waals surface area contributed by atoms with E-state index < -0.39 is 18.0 Å². The van der Waals surface area contributed by atoms with E-state index in [2.05, 4.69) is 35.2 Å². The number of alkyl halides is 3. The molecule has 4 aromatic rings. The van der Waals surface area contributed by atoms with Gasteiger partial charge < -0.3 is 25.6 Å². The molecule has 0 radical (unpaired) electrons. The van der Waals surface area contributed by atoms with Crippen LogP contribution in [-0.2, 0) is 0 Å². The van der Waals surface area contributed by atoms with Crippen LogP contribution >= 0.6 is 0 Å². The lowest BCUT2D eigenvalue weighted by molar-refractivity contribution is -0.274. The Morgan fingerprint density at radius 2 is 1.82 bits per heavy atom. The van der Waals surface area contributed by atoms with E-state index in [0.717, 1.165) is 19.2 Å². The van der Waals surface area contributed by atoms with E-state index in [1.165, 1.54) is 23.1 Å². The number of amides is 1. The van der Waals surface area contributed by atoms with Gasteiger partial charge in [0.25, 0.3) is 5.91 Å². The van der Waals surface area contributed by atoms with Crippen LogP contribution in [0.4, 0.5) is 30.2 Å². The number of carbonyl (C=O) groups excluding carboxylic acids is 1. The van der Waals surface area contributed by atoms with Crippen LogP contribution < -0.4 is 20.7 Å². The number of benzene rings is 1. The summed E-state index contributed by atoms with van der Waals surface area (Å²) in [7, 11) is 1.97. The highest BCUT2D eigenvalue weighted by Crippen LogP contribution is 2.30. The average molecular weight is 554 g/mol. The molecule has 1 fully saturated rings. The molecular weight excluding hydrogens is 527 g/mol. The van der Waals surface area contributed by atoms with Crippen molar-refractivity contribution in [1.82, 2.24) is 29.9 Å². The van der Waals surface area contributed by atoms with Gasteiger partial charge in [-0.15, -0.1) is 18.3 Å². The van der Waals surface area contributed by atoms with Gasteiger partial charge in [0.1, 0.15) is 11.4 Å². The molecule has 5 rings (SSSR count). The fourth-order valence-electron chi connectivity index (χ4n) is 4.29. The van der Waals surface area contributed by atoms with E-state index in [1.54, 1.807) is 37.5 Å². The third-order valence-corrected chi connectivity index (χ3v) is 6.37. The number of carbonyl (C=O) groups is 1. The highest BCUT2D eigenvalue weighted by atomic mass is 19.4. The first kappa shape index (κ1) is 26.9. The summed E-state index contributed by atoms with van der Waals surface area (Å²) in [5, 5.41) is 11.0. The first-order chi connectivity index (χ1) is 19.0. The number of aromatic nitrogens is 5. The third kappa shape index (κ3) is 6.29. The summed E-state index contributed by atoms with van der Waals surface area (Å²) in [5.41, 5.74) is 9.45. The summed E-state index contributed by atoms with van der Waals surface area (Å²) < 4.78 is 44.8. The molecule has 0 unspecified atom stereocenters. The van der Waals surface area contributed by atoms with Gasteiger partial charge in [0.15, 0.2) is 0 Å². The van der Waals surface area contributed by atoms with Crippen LogP contribution in [0.5, 0.6) is 5.75 Å². The molecule has 1 aliphatic heterocycles. The molecule has 1 amide bonds. The lowest BCUT2D eigenvalue weighted by Crippen LogP contribution is -2.44. The SMILES string of the molecule is Cc1ncc(NC(=O)c2cc(OC(F)(F)F)cc(N3CCN(C)CC3)c2)cc1-n1cc(-c2cncc(N)c2)nn1. The number of nitrogens with zero attached hydrogens (tertiary/aromatic N) is 7. The molecule has 40 heavy (non-hydrogen) atoms. The van der Waals surface area contributed by atoms with Gasteiger partial charge in [-0.25, -0.2) is 4.68 Å². The van der Waals surface area contributed by atoms with Crippen molar-refractivity contribution in [3.8, 4) is 22.7 Å². The largest absolute Gasteiger partial charge is 0.573 e. The first-order valence-electron chi connectivity index (χ1n) is 12.3. The lowest BCUT2D eigenvalue weighted by Gasteiger charge is -2.34. The smallest absolute Gasteiger partial charge is 0.406 e. The van der Waals surface area contributed by atoms with Crippen molar-refractivity contribution < 1.29 is 22.7 Å². The number of anilines is 3. The van der Waals surface area contributed by atoms with Crippen LogP contribution in [0.1, 0.15) is 16.1 Å². The van der Waals surface area contributed by atoms with Crippen molar-refractivity contribution in [2.75, 3.05) is 49.2 Å². The Labute approximate surface area is 227 Å². The van der Waals surface area contributed by atoms with Gasteiger partial charge >= 0.3 is 6.36 Å². The molecule has 3 aromatic heterocycles. The standard InChI is InChI=1S/C26H26F3N9O2/c1-16-24(38-15-23(34-35-38)18-7-19(30)13-31-12-18)10-20(14-32-16)33-25(39)17-8-21(37-5-3-36(2)4-6-37)11-22(9-17)40-26(27,28)29/h7-15H,3-6,30H2,1-2H3,(H,33,39). The number of hydrogen-bond acceptors (Lipinski definition) is 9. The van der Waals surface area contributed by atoms with Gasteiger partial charge in [-0.1, -0.05) is 5.21 Å². The predicted molar refractivity (Wildman–Crippen MR) is 142 cm³/mol. The van der Waals surface area contributed by atoms with Gasteiger partial charge in [0.2, 0.25) is 0 Å². The third-order valence-electron chi connectivity index (χ3n) is 6.37. The van der Waals surface area contributed by atoms with Gasteiger partial charge in [-0.05, 0) is 38.2 Å². The quantitative estimate of drug-likeness (QED) is 0.369. The monoisotopic (exact) mass is 553 g/mol. The number of ether oxygens (including phenoxy) is 1. The number of pyridine rings is 2. The molecule has 14 heteroatoms. The second-order valence-electron chi connectivity index (χ2n) is 9.39. The first-order valence-corrected chi connectivity index (χ1v) is 12.3. The van der Waals surface area contributed by atoms with Gasteiger partial charge in [-0.2, -0.15) is 0 Å².